The van der Waals surface area contributed by atoms with Crippen LogP contribution in [0, 0.1) is 0 Å². The zero-order valence-corrected chi connectivity index (χ0v) is 15.4. The molecule has 0 bridgehead atoms. The van der Waals surface area contributed by atoms with Crippen LogP contribution in [0.25, 0.3) is 0 Å². The third-order valence-electron chi connectivity index (χ3n) is 4.74. The number of nitrogens with zero attached hydrogens (tertiary/aromatic N) is 1. The maximum Gasteiger partial charge on any atom is 0.417 e. The minimum absolute atomic E-state index is 0.0169. The van der Waals surface area contributed by atoms with Crippen LogP contribution < -0.4 is 5.32 Å². The van der Waals surface area contributed by atoms with E-state index in [-0.39, 0.29) is 11.7 Å². The van der Waals surface area contributed by atoms with Gasteiger partial charge < -0.3 is 10.1 Å². The van der Waals surface area contributed by atoms with Crippen molar-refractivity contribution in [3.63, 3.8) is 0 Å². The molecule has 3 rings (SSSR count). The second kappa shape index (κ2) is 9.21. The molecule has 1 aliphatic rings. The van der Waals surface area contributed by atoms with Crippen LogP contribution in [0.4, 0.5) is 13.2 Å². The predicted octanol–water partition coefficient (Wildman–Crippen LogP) is 3.90. The van der Waals surface area contributed by atoms with E-state index in [1.54, 1.807) is 0 Å². The van der Waals surface area contributed by atoms with Gasteiger partial charge in [0.2, 0.25) is 0 Å². The first-order chi connectivity index (χ1) is 13.4. The Morgan fingerprint density at radius 1 is 1.11 bits per heavy atom. The maximum absolute atomic E-state index is 13.0. The van der Waals surface area contributed by atoms with Gasteiger partial charge in [-0.3, -0.25) is 9.69 Å². The number of halogens is 3. The summed E-state index contributed by atoms with van der Waals surface area (Å²) in [5.74, 6) is -0.697. The second-order valence-corrected chi connectivity index (χ2v) is 6.72. The number of hydrogen-bond acceptors (Lipinski definition) is 3. The Bertz CT molecular complexity index is 781. The highest BCUT2D eigenvalue weighted by atomic mass is 19.4. The average Bonchev–Trinajstić information content (AvgIpc) is 2.71. The number of benzene rings is 2. The van der Waals surface area contributed by atoms with E-state index in [0.29, 0.717) is 19.6 Å². The molecule has 4 nitrogen and oxygen atoms in total. The number of rotatable bonds is 6. The molecule has 1 aliphatic heterocycles. The van der Waals surface area contributed by atoms with Gasteiger partial charge in [-0.25, -0.2) is 0 Å². The number of ether oxygens (including phenoxy) is 1. The van der Waals surface area contributed by atoms with E-state index in [9.17, 15) is 18.0 Å². The third-order valence-corrected chi connectivity index (χ3v) is 4.74. The van der Waals surface area contributed by atoms with Crippen molar-refractivity contribution in [1.82, 2.24) is 10.2 Å². The van der Waals surface area contributed by atoms with Crippen molar-refractivity contribution in [1.29, 1.82) is 0 Å². The number of carbonyl (C=O) groups excluding carboxylic acids is 1. The summed E-state index contributed by atoms with van der Waals surface area (Å²) < 4.78 is 44.9. The first-order valence-corrected chi connectivity index (χ1v) is 9.28. The fraction of sp³-hybridized carbons (Fsp3) is 0.381. The summed E-state index contributed by atoms with van der Waals surface area (Å²) in [5, 5.41) is 2.60. The van der Waals surface area contributed by atoms with Gasteiger partial charge in [0.05, 0.1) is 23.8 Å². The smallest absolute Gasteiger partial charge is 0.371 e. The largest absolute Gasteiger partial charge is 0.417 e. The molecule has 0 aromatic heterocycles. The fourth-order valence-electron chi connectivity index (χ4n) is 3.30. The minimum Gasteiger partial charge on any atom is -0.371 e. The number of amides is 1. The molecule has 1 atom stereocenters. The lowest BCUT2D eigenvalue weighted by Crippen LogP contribution is -2.40. The summed E-state index contributed by atoms with van der Waals surface area (Å²) in [6, 6.07) is 14.8. The molecule has 2 aromatic carbocycles. The first kappa shape index (κ1) is 20.4. The first-order valence-electron chi connectivity index (χ1n) is 9.28. The molecule has 1 N–H and O–H groups in total. The van der Waals surface area contributed by atoms with Crippen LogP contribution in [0.3, 0.4) is 0 Å². The van der Waals surface area contributed by atoms with Gasteiger partial charge in [0.15, 0.2) is 0 Å². The van der Waals surface area contributed by atoms with Gasteiger partial charge in [0, 0.05) is 26.2 Å². The average molecular weight is 392 g/mol. The van der Waals surface area contributed by atoms with Crippen molar-refractivity contribution in [3.05, 3.63) is 71.3 Å². The predicted molar refractivity (Wildman–Crippen MR) is 100.0 cm³/mol. The van der Waals surface area contributed by atoms with E-state index >= 15 is 0 Å². The van der Waals surface area contributed by atoms with E-state index in [0.717, 1.165) is 31.3 Å². The van der Waals surface area contributed by atoms with Crippen LogP contribution in [-0.2, 0) is 10.9 Å². The third kappa shape index (κ3) is 5.33. The van der Waals surface area contributed by atoms with Gasteiger partial charge in [0.25, 0.3) is 5.91 Å². The molecule has 28 heavy (non-hydrogen) atoms. The van der Waals surface area contributed by atoms with Crippen LogP contribution in [-0.4, -0.2) is 43.6 Å². The molecule has 0 aliphatic carbocycles. The molecule has 2 aromatic rings. The summed E-state index contributed by atoms with van der Waals surface area (Å²) in [4.78, 5) is 14.4. The van der Waals surface area contributed by atoms with E-state index in [1.165, 1.54) is 18.2 Å². The molecule has 1 saturated heterocycles. The fourth-order valence-corrected chi connectivity index (χ4v) is 3.30. The van der Waals surface area contributed by atoms with Gasteiger partial charge in [-0.05, 0) is 24.1 Å². The number of hydrogen-bond donors (Lipinski definition) is 1. The van der Waals surface area contributed by atoms with Gasteiger partial charge in [0.1, 0.15) is 0 Å². The molecule has 1 heterocycles. The van der Waals surface area contributed by atoms with Crippen LogP contribution >= 0.6 is 0 Å². The van der Waals surface area contributed by atoms with Crippen molar-refractivity contribution < 1.29 is 22.7 Å². The van der Waals surface area contributed by atoms with Crippen molar-refractivity contribution in [2.45, 2.75) is 18.7 Å². The van der Waals surface area contributed by atoms with Crippen LogP contribution in [0.1, 0.15) is 34.0 Å². The molecule has 1 fully saturated rings. The van der Waals surface area contributed by atoms with Gasteiger partial charge in [-0.1, -0.05) is 42.5 Å². The Morgan fingerprint density at radius 3 is 2.57 bits per heavy atom. The quantitative estimate of drug-likeness (QED) is 0.759. The molecule has 7 heteroatoms. The Balaban J connectivity index is 1.47. The van der Waals surface area contributed by atoms with Crippen LogP contribution in [0.2, 0.25) is 0 Å². The molecule has 150 valence electrons. The number of nitrogens with one attached hydrogen (secondary N) is 1. The Hall–Kier alpha value is -2.38. The summed E-state index contributed by atoms with van der Waals surface area (Å²) in [5.41, 5.74) is -0.124. The highest BCUT2D eigenvalue weighted by molar-refractivity contribution is 5.95. The van der Waals surface area contributed by atoms with Crippen molar-refractivity contribution in [2.24, 2.45) is 0 Å². The van der Waals surface area contributed by atoms with E-state index in [1.807, 2.05) is 30.3 Å². The molecule has 0 spiro atoms. The minimum atomic E-state index is -4.55. The molecular formula is C21H23F3N2O2. The molecule has 1 amide bonds. The van der Waals surface area contributed by atoms with E-state index in [2.05, 4.69) is 10.2 Å². The zero-order chi connectivity index (χ0) is 20.0. The van der Waals surface area contributed by atoms with E-state index < -0.39 is 17.6 Å². The SMILES string of the molecule is O=C(NCCCN1CCOC(c2ccccc2)C1)c1ccccc1C(F)(F)F. The van der Waals surface area contributed by atoms with Gasteiger partial charge in [-0.2, -0.15) is 13.2 Å². The topological polar surface area (TPSA) is 41.6 Å². The van der Waals surface area contributed by atoms with Crippen molar-refractivity contribution in [2.75, 3.05) is 32.8 Å². The number of carbonyl (C=O) groups is 1. The summed E-state index contributed by atoms with van der Waals surface area (Å²) in [6.07, 6.45) is -3.88. The Morgan fingerprint density at radius 2 is 1.82 bits per heavy atom. The number of alkyl halides is 3. The van der Waals surface area contributed by atoms with Crippen molar-refractivity contribution in [3.8, 4) is 0 Å². The van der Waals surface area contributed by atoms with Crippen LogP contribution in [0.5, 0.6) is 0 Å². The van der Waals surface area contributed by atoms with Crippen LogP contribution in [0.15, 0.2) is 54.6 Å². The van der Waals surface area contributed by atoms with Gasteiger partial charge >= 0.3 is 6.18 Å². The summed E-state index contributed by atoms with van der Waals surface area (Å²) in [7, 11) is 0. The Labute approximate surface area is 162 Å². The highest BCUT2D eigenvalue weighted by Gasteiger charge is 2.34. The maximum atomic E-state index is 13.0. The molecule has 0 saturated carbocycles. The standard InChI is InChI=1S/C21H23F3N2O2/c22-21(23,24)18-10-5-4-9-17(18)20(27)25-11-6-12-26-13-14-28-19(15-26)16-7-2-1-3-8-16/h1-5,7-10,19H,6,11-15H2,(H,25,27). The highest BCUT2D eigenvalue weighted by Crippen LogP contribution is 2.31. The Kier molecular flexibility index (Phi) is 6.70. The lowest BCUT2D eigenvalue weighted by Gasteiger charge is -2.33. The lowest BCUT2D eigenvalue weighted by atomic mass is 10.1. The van der Waals surface area contributed by atoms with Gasteiger partial charge in [-0.15, -0.1) is 0 Å². The van der Waals surface area contributed by atoms with Crippen molar-refractivity contribution >= 4 is 5.91 Å². The zero-order valence-electron chi connectivity index (χ0n) is 15.4. The molecule has 1 unspecified atom stereocenters. The second-order valence-electron chi connectivity index (χ2n) is 6.72. The number of morpholine rings is 1. The monoisotopic (exact) mass is 392 g/mol. The normalized spacial score (nSPS) is 18.0. The molecule has 0 radical (unpaired) electrons. The summed E-state index contributed by atoms with van der Waals surface area (Å²) in [6.45, 7) is 3.25. The molecular weight excluding hydrogens is 369 g/mol. The lowest BCUT2D eigenvalue weighted by molar-refractivity contribution is -0.137. The summed E-state index contributed by atoms with van der Waals surface area (Å²) >= 11 is 0. The van der Waals surface area contributed by atoms with E-state index in [4.69, 9.17) is 4.74 Å².